The van der Waals surface area contributed by atoms with Crippen molar-refractivity contribution in [3.8, 4) is 0 Å². The highest BCUT2D eigenvalue weighted by molar-refractivity contribution is 7.93. The zero-order valence-corrected chi connectivity index (χ0v) is 15.9. The zero-order valence-electron chi connectivity index (χ0n) is 14.3. The molecule has 1 heterocycles. The van der Waals surface area contributed by atoms with E-state index in [1.807, 2.05) is 6.92 Å². The molecule has 2 aromatic carbocycles. The van der Waals surface area contributed by atoms with E-state index in [0.717, 1.165) is 16.3 Å². The van der Waals surface area contributed by atoms with Gasteiger partial charge in [0, 0.05) is 0 Å². The van der Waals surface area contributed by atoms with Crippen LogP contribution in [0.1, 0.15) is 12.5 Å². The predicted octanol–water partition coefficient (Wildman–Crippen LogP) is 1.60. The van der Waals surface area contributed by atoms with Gasteiger partial charge in [-0.1, -0.05) is 37.3 Å². The Hall–Kier alpha value is -1.90. The van der Waals surface area contributed by atoms with Crippen LogP contribution in [-0.2, 0) is 26.3 Å². The largest absolute Gasteiger partial charge is 0.390 e. The molecule has 1 N–H and O–H groups in total. The number of sulfone groups is 1. The van der Waals surface area contributed by atoms with Gasteiger partial charge in [-0.25, -0.2) is 16.8 Å². The van der Waals surface area contributed by atoms with E-state index in [2.05, 4.69) is 0 Å². The summed E-state index contributed by atoms with van der Waals surface area (Å²) < 4.78 is 51.5. The lowest BCUT2D eigenvalue weighted by Gasteiger charge is -2.31. The maximum Gasteiger partial charge on any atom is 0.264 e. The van der Waals surface area contributed by atoms with Crippen LogP contribution in [0.4, 0.5) is 5.69 Å². The number of benzene rings is 2. The van der Waals surface area contributed by atoms with Gasteiger partial charge < -0.3 is 5.11 Å². The van der Waals surface area contributed by atoms with Crippen molar-refractivity contribution in [3.05, 3.63) is 60.2 Å². The maximum absolute atomic E-state index is 13.3. The van der Waals surface area contributed by atoms with E-state index in [4.69, 9.17) is 0 Å². The molecular formula is C18H21NO5S2. The lowest BCUT2D eigenvalue weighted by molar-refractivity contribution is 0.184. The highest BCUT2D eigenvalue weighted by Crippen LogP contribution is 2.31. The first-order chi connectivity index (χ1) is 12.2. The molecule has 0 unspecified atom stereocenters. The Morgan fingerprint density at radius 2 is 1.65 bits per heavy atom. The molecule has 140 valence electrons. The minimum absolute atomic E-state index is 0.0649. The summed E-state index contributed by atoms with van der Waals surface area (Å²) in [6.45, 7) is 1.97. The highest BCUT2D eigenvalue weighted by atomic mass is 32.2. The molecule has 0 spiro atoms. The molecule has 1 aliphatic rings. The number of aryl methyl sites for hydroxylation is 1. The third-order valence-electron chi connectivity index (χ3n) is 4.49. The first kappa shape index (κ1) is 18.9. The van der Waals surface area contributed by atoms with Gasteiger partial charge in [0.1, 0.15) is 0 Å². The van der Waals surface area contributed by atoms with E-state index in [-0.39, 0.29) is 4.90 Å². The third-order valence-corrected chi connectivity index (χ3v) is 8.06. The maximum atomic E-state index is 13.3. The summed E-state index contributed by atoms with van der Waals surface area (Å²) in [5, 5.41) is 10.3. The molecule has 3 rings (SSSR count). The van der Waals surface area contributed by atoms with Crippen molar-refractivity contribution >= 4 is 25.5 Å². The minimum Gasteiger partial charge on any atom is -0.390 e. The van der Waals surface area contributed by atoms with Gasteiger partial charge >= 0.3 is 0 Å². The van der Waals surface area contributed by atoms with E-state index in [9.17, 15) is 21.9 Å². The minimum atomic E-state index is -4.04. The Kier molecular flexibility index (Phi) is 5.09. The van der Waals surface area contributed by atoms with Gasteiger partial charge in [-0.15, -0.1) is 0 Å². The van der Waals surface area contributed by atoms with Crippen molar-refractivity contribution in [3.63, 3.8) is 0 Å². The quantitative estimate of drug-likeness (QED) is 0.830. The van der Waals surface area contributed by atoms with Crippen LogP contribution in [0.25, 0.3) is 0 Å². The first-order valence-corrected chi connectivity index (χ1v) is 11.6. The summed E-state index contributed by atoms with van der Waals surface area (Å²) in [4.78, 5) is 0.0649. The molecule has 1 aliphatic heterocycles. The average Bonchev–Trinajstić information content (AvgIpc) is 2.88. The predicted molar refractivity (Wildman–Crippen MR) is 100 cm³/mol. The molecule has 8 heteroatoms. The van der Waals surface area contributed by atoms with Crippen LogP contribution in [0.2, 0.25) is 0 Å². The van der Waals surface area contributed by atoms with Crippen LogP contribution in [0, 0.1) is 0 Å². The number of sulfonamides is 1. The van der Waals surface area contributed by atoms with Crippen LogP contribution >= 0.6 is 0 Å². The Morgan fingerprint density at radius 3 is 2.15 bits per heavy atom. The summed E-state index contributed by atoms with van der Waals surface area (Å²) in [5.74, 6) is -0.847. The van der Waals surface area contributed by atoms with Gasteiger partial charge in [-0.2, -0.15) is 0 Å². The molecule has 0 radical (unpaired) electrons. The molecule has 26 heavy (non-hydrogen) atoms. The lowest BCUT2D eigenvalue weighted by Crippen LogP contribution is -2.47. The number of aliphatic hydroxyl groups excluding tert-OH is 1. The van der Waals surface area contributed by atoms with E-state index in [0.29, 0.717) is 5.69 Å². The highest BCUT2D eigenvalue weighted by Gasteiger charge is 2.44. The number of nitrogens with zero attached hydrogens (tertiary/aromatic N) is 1. The normalized spacial score (nSPS) is 22.2. The van der Waals surface area contributed by atoms with Crippen molar-refractivity contribution in [1.29, 1.82) is 0 Å². The van der Waals surface area contributed by atoms with E-state index >= 15 is 0 Å². The van der Waals surface area contributed by atoms with Gasteiger partial charge in [0.2, 0.25) is 0 Å². The van der Waals surface area contributed by atoms with E-state index in [1.54, 1.807) is 42.5 Å². The molecule has 6 nitrogen and oxygen atoms in total. The Balaban J connectivity index is 2.11. The smallest absolute Gasteiger partial charge is 0.264 e. The van der Waals surface area contributed by atoms with Gasteiger partial charge in [-0.05, 0) is 36.2 Å². The fourth-order valence-electron chi connectivity index (χ4n) is 3.13. The van der Waals surface area contributed by atoms with Crippen LogP contribution in [0.3, 0.4) is 0 Å². The molecule has 1 fully saturated rings. The van der Waals surface area contributed by atoms with Crippen LogP contribution < -0.4 is 4.31 Å². The Bertz CT molecular complexity index is 970. The summed E-state index contributed by atoms with van der Waals surface area (Å²) in [6.07, 6.45) is -0.493. The van der Waals surface area contributed by atoms with Crippen molar-refractivity contribution < 1.29 is 21.9 Å². The van der Waals surface area contributed by atoms with E-state index in [1.165, 1.54) is 12.1 Å². The molecule has 2 atom stereocenters. The lowest BCUT2D eigenvalue weighted by atomic mass is 10.2. The zero-order chi connectivity index (χ0) is 18.9. The molecular weight excluding hydrogens is 374 g/mol. The molecule has 2 aromatic rings. The molecule has 1 saturated heterocycles. The number of para-hydroxylation sites is 1. The van der Waals surface area contributed by atoms with Crippen molar-refractivity contribution in [2.75, 3.05) is 15.8 Å². The van der Waals surface area contributed by atoms with Gasteiger partial charge in [0.15, 0.2) is 9.84 Å². The SMILES string of the molecule is CCc1ccc(S(=O)(=O)N(c2ccccc2)[C@H]2CS(=O)(=O)C[C@@H]2O)cc1. The van der Waals surface area contributed by atoms with Gasteiger partial charge in [-0.3, -0.25) is 4.31 Å². The second kappa shape index (κ2) is 7.02. The standard InChI is InChI=1S/C18H21NO5S2/c1-2-14-8-10-16(11-9-14)26(23,24)19(15-6-4-3-5-7-15)17-12-25(21,22)13-18(17)20/h3-11,17-18,20H,2,12-13H2,1H3/t17-,18-/m0/s1. The number of hydrogen-bond acceptors (Lipinski definition) is 5. The van der Waals surface area contributed by atoms with Crippen LogP contribution in [0.5, 0.6) is 0 Å². The molecule has 0 amide bonds. The number of anilines is 1. The van der Waals surface area contributed by atoms with Crippen molar-refractivity contribution in [2.24, 2.45) is 0 Å². The topological polar surface area (TPSA) is 91.8 Å². The second-order valence-electron chi connectivity index (χ2n) is 6.35. The summed E-state index contributed by atoms with van der Waals surface area (Å²) in [5.41, 5.74) is 1.33. The monoisotopic (exact) mass is 395 g/mol. The summed E-state index contributed by atoms with van der Waals surface area (Å²) in [7, 11) is -7.54. The first-order valence-electron chi connectivity index (χ1n) is 8.31. The molecule has 0 aromatic heterocycles. The Morgan fingerprint density at radius 1 is 1.04 bits per heavy atom. The fourth-order valence-corrected chi connectivity index (χ4v) is 6.67. The molecule has 0 saturated carbocycles. The summed E-state index contributed by atoms with van der Waals surface area (Å²) >= 11 is 0. The number of aliphatic hydroxyl groups is 1. The van der Waals surface area contributed by atoms with Crippen LogP contribution in [0.15, 0.2) is 59.5 Å². The van der Waals surface area contributed by atoms with Crippen LogP contribution in [-0.4, -0.2) is 45.6 Å². The Labute approximate surface area is 154 Å². The fraction of sp³-hybridized carbons (Fsp3) is 0.333. The molecule has 0 bridgehead atoms. The van der Waals surface area contributed by atoms with Gasteiger partial charge in [0.25, 0.3) is 10.0 Å². The van der Waals surface area contributed by atoms with Crippen molar-refractivity contribution in [2.45, 2.75) is 30.4 Å². The summed E-state index contributed by atoms with van der Waals surface area (Å²) in [6, 6.07) is 13.7. The van der Waals surface area contributed by atoms with Gasteiger partial charge in [0.05, 0.1) is 34.2 Å². The van der Waals surface area contributed by atoms with E-state index < -0.39 is 43.5 Å². The number of rotatable bonds is 5. The third kappa shape index (κ3) is 3.62. The number of hydrogen-bond donors (Lipinski definition) is 1. The van der Waals surface area contributed by atoms with Crippen molar-refractivity contribution in [1.82, 2.24) is 0 Å². The molecule has 0 aliphatic carbocycles. The second-order valence-corrected chi connectivity index (χ2v) is 10.3. The average molecular weight is 396 g/mol.